The summed E-state index contributed by atoms with van der Waals surface area (Å²) in [5.74, 6) is 0.650. The Kier molecular flexibility index (Phi) is 8.04. The summed E-state index contributed by atoms with van der Waals surface area (Å²) >= 11 is 0. The minimum absolute atomic E-state index is 0.0804. The van der Waals surface area contributed by atoms with E-state index in [1.54, 1.807) is 36.4 Å². The van der Waals surface area contributed by atoms with Gasteiger partial charge in [-0.3, -0.25) is 14.9 Å². The molecule has 11 heteroatoms. The molecule has 0 spiro atoms. The highest BCUT2D eigenvalue weighted by Crippen LogP contribution is 2.35. The van der Waals surface area contributed by atoms with Crippen LogP contribution >= 0.6 is 0 Å². The number of hydrogen-bond acceptors (Lipinski definition) is 8. The van der Waals surface area contributed by atoms with Crippen LogP contribution in [0.1, 0.15) is 42.1 Å². The predicted molar refractivity (Wildman–Crippen MR) is 155 cm³/mol. The van der Waals surface area contributed by atoms with Gasteiger partial charge in [-0.05, 0) is 60.0 Å². The normalized spacial score (nSPS) is 17.3. The van der Waals surface area contributed by atoms with E-state index in [2.05, 4.69) is 25.9 Å². The standard InChI is InChI=1S/C30H31N5O6/c1-4-23-17-6-5-7-19(12-17)34-30(38)41-11-10-21-25(39-2)13-18(14-26(21)40-3)27(29(37)35-23)33-20-8-9-24-22(15-20)28(36)32-16-31-24/h5-9,12-16,23,27,33H,4,10-11H2,1-3H3,(H,34,38)(H,35,37)(H,31,32,36)/t23?,27-/m1/s1. The van der Waals surface area contributed by atoms with Crippen LogP contribution in [0.2, 0.25) is 0 Å². The molecule has 4 bridgehead atoms. The van der Waals surface area contributed by atoms with Crippen molar-refractivity contribution in [1.82, 2.24) is 15.3 Å². The fraction of sp³-hybridized carbons (Fsp3) is 0.267. The number of amides is 2. The van der Waals surface area contributed by atoms with Crippen molar-refractivity contribution in [2.75, 3.05) is 31.5 Å². The van der Waals surface area contributed by atoms with Gasteiger partial charge >= 0.3 is 6.09 Å². The van der Waals surface area contributed by atoms with Gasteiger partial charge in [-0.2, -0.15) is 0 Å². The first kappa shape index (κ1) is 27.5. The fourth-order valence-electron chi connectivity index (χ4n) is 4.95. The van der Waals surface area contributed by atoms with Crippen molar-refractivity contribution in [3.63, 3.8) is 0 Å². The number of H-pyrrole nitrogens is 1. The quantitative estimate of drug-likeness (QED) is 0.282. The number of anilines is 2. The summed E-state index contributed by atoms with van der Waals surface area (Å²) in [7, 11) is 3.05. The van der Waals surface area contributed by atoms with Crippen LogP contribution in [-0.4, -0.2) is 42.8 Å². The summed E-state index contributed by atoms with van der Waals surface area (Å²) < 4.78 is 16.8. The lowest BCUT2D eigenvalue weighted by Gasteiger charge is -2.26. The van der Waals surface area contributed by atoms with E-state index >= 15 is 0 Å². The van der Waals surface area contributed by atoms with Crippen molar-refractivity contribution in [2.45, 2.75) is 31.8 Å². The molecule has 2 amide bonds. The monoisotopic (exact) mass is 557 g/mol. The van der Waals surface area contributed by atoms with Crippen molar-refractivity contribution in [3.05, 3.63) is 88.0 Å². The minimum atomic E-state index is -0.888. The van der Waals surface area contributed by atoms with Crippen molar-refractivity contribution in [3.8, 4) is 11.5 Å². The molecule has 3 heterocycles. The zero-order valence-electron chi connectivity index (χ0n) is 22.9. The molecule has 4 N–H and O–H groups in total. The molecular weight excluding hydrogens is 526 g/mol. The number of carbonyl (C=O) groups is 2. The molecule has 0 fully saturated rings. The maximum Gasteiger partial charge on any atom is 0.411 e. The van der Waals surface area contributed by atoms with E-state index in [0.29, 0.717) is 57.7 Å². The number of methoxy groups -OCH3 is 2. The number of carbonyl (C=O) groups excluding carboxylic acids is 2. The number of nitrogens with zero attached hydrogens (tertiary/aromatic N) is 1. The van der Waals surface area contributed by atoms with Crippen LogP contribution in [0.15, 0.2) is 65.7 Å². The number of ether oxygens (including phenoxy) is 3. The molecule has 0 saturated carbocycles. The summed E-state index contributed by atoms with van der Waals surface area (Å²) in [6, 6.07) is 14.7. The maximum atomic E-state index is 14.0. The number of aromatic nitrogens is 2. The zero-order valence-corrected chi connectivity index (χ0v) is 22.9. The molecule has 0 saturated heterocycles. The van der Waals surface area contributed by atoms with Gasteiger partial charge in [0.2, 0.25) is 5.91 Å². The van der Waals surface area contributed by atoms with E-state index in [0.717, 1.165) is 5.56 Å². The lowest BCUT2D eigenvalue weighted by molar-refractivity contribution is -0.122. The van der Waals surface area contributed by atoms with Crippen molar-refractivity contribution >= 4 is 34.3 Å². The Morgan fingerprint density at radius 3 is 2.51 bits per heavy atom. The van der Waals surface area contributed by atoms with E-state index in [4.69, 9.17) is 14.2 Å². The summed E-state index contributed by atoms with van der Waals surface area (Å²) in [6.07, 6.45) is 1.68. The van der Waals surface area contributed by atoms with E-state index in [1.807, 2.05) is 25.1 Å². The average molecular weight is 558 g/mol. The molecule has 2 aliphatic heterocycles. The molecule has 1 aromatic heterocycles. The van der Waals surface area contributed by atoms with Gasteiger partial charge in [0.1, 0.15) is 17.5 Å². The van der Waals surface area contributed by atoms with Gasteiger partial charge in [-0.1, -0.05) is 19.1 Å². The van der Waals surface area contributed by atoms with Crippen LogP contribution < -0.4 is 31.0 Å². The molecule has 11 nitrogen and oxygen atoms in total. The highest BCUT2D eigenvalue weighted by Gasteiger charge is 2.27. The van der Waals surface area contributed by atoms with Crippen molar-refractivity contribution in [1.29, 1.82) is 0 Å². The highest BCUT2D eigenvalue weighted by atomic mass is 16.5. The molecule has 0 radical (unpaired) electrons. The minimum Gasteiger partial charge on any atom is -0.496 e. The van der Waals surface area contributed by atoms with E-state index in [-0.39, 0.29) is 24.1 Å². The Morgan fingerprint density at radius 1 is 1.00 bits per heavy atom. The third kappa shape index (κ3) is 5.93. The van der Waals surface area contributed by atoms with Crippen LogP contribution in [0.3, 0.4) is 0 Å². The SMILES string of the molecule is CCC1NC(=O)[C@H](Nc2ccc3nc[nH]c(=O)c3c2)c2cc(OC)c(c(OC)c2)CCOC(=O)Nc2cccc1c2. The second kappa shape index (κ2) is 12.0. The Morgan fingerprint density at radius 2 is 1.78 bits per heavy atom. The predicted octanol–water partition coefficient (Wildman–Crippen LogP) is 4.47. The van der Waals surface area contributed by atoms with E-state index in [9.17, 15) is 14.4 Å². The molecule has 2 atom stereocenters. The Balaban J connectivity index is 1.62. The number of aromatic amines is 1. The molecule has 41 heavy (non-hydrogen) atoms. The van der Waals surface area contributed by atoms with E-state index < -0.39 is 12.1 Å². The third-order valence-electron chi connectivity index (χ3n) is 7.02. The Hall–Kier alpha value is -5.06. The molecule has 1 unspecified atom stereocenters. The maximum absolute atomic E-state index is 14.0. The van der Waals surface area contributed by atoms with Crippen LogP contribution in [0, 0.1) is 0 Å². The van der Waals surface area contributed by atoms with Crippen LogP contribution in [0.25, 0.3) is 10.9 Å². The number of nitrogens with one attached hydrogen (secondary N) is 4. The third-order valence-corrected chi connectivity index (χ3v) is 7.02. The van der Waals surface area contributed by atoms with Gasteiger partial charge < -0.3 is 29.8 Å². The first-order valence-electron chi connectivity index (χ1n) is 13.2. The van der Waals surface area contributed by atoms with Gasteiger partial charge in [-0.15, -0.1) is 0 Å². The number of hydrogen-bond donors (Lipinski definition) is 4. The molecule has 6 rings (SSSR count). The first-order valence-corrected chi connectivity index (χ1v) is 13.2. The lowest BCUT2D eigenvalue weighted by atomic mass is 9.98. The highest BCUT2D eigenvalue weighted by molar-refractivity contribution is 5.89. The Labute approximate surface area is 236 Å². The van der Waals surface area contributed by atoms with E-state index in [1.165, 1.54) is 20.5 Å². The van der Waals surface area contributed by atoms with Gasteiger partial charge in [0, 0.05) is 23.4 Å². The van der Waals surface area contributed by atoms with Crippen LogP contribution in [-0.2, 0) is 16.0 Å². The zero-order chi connectivity index (χ0) is 28.9. The van der Waals surface area contributed by atoms with Crippen molar-refractivity contribution < 1.29 is 23.8 Å². The largest absolute Gasteiger partial charge is 0.496 e. The second-order valence-electron chi connectivity index (χ2n) is 9.55. The number of rotatable bonds is 5. The van der Waals surface area contributed by atoms with Gasteiger partial charge in [0.05, 0.1) is 44.1 Å². The molecule has 4 aromatic rings. The molecule has 212 valence electrons. The van der Waals surface area contributed by atoms with Crippen molar-refractivity contribution in [2.24, 2.45) is 0 Å². The summed E-state index contributed by atoms with van der Waals surface area (Å²) in [5.41, 5.74) is 3.44. The second-order valence-corrected chi connectivity index (χ2v) is 9.55. The smallest absolute Gasteiger partial charge is 0.411 e. The van der Waals surface area contributed by atoms with Crippen LogP contribution in [0.4, 0.5) is 16.2 Å². The summed E-state index contributed by atoms with van der Waals surface area (Å²) in [5, 5.41) is 9.58. The molecular formula is C30H31N5O6. The van der Waals surface area contributed by atoms with Gasteiger partial charge in [0.25, 0.3) is 5.56 Å². The topological polar surface area (TPSA) is 144 Å². The molecule has 3 aromatic carbocycles. The Bertz CT molecular complexity index is 1630. The molecule has 0 aliphatic carbocycles. The molecule has 2 aliphatic rings. The number of benzene rings is 3. The lowest BCUT2D eigenvalue weighted by Crippen LogP contribution is -2.36. The summed E-state index contributed by atoms with van der Waals surface area (Å²) in [4.78, 5) is 45.7. The van der Waals surface area contributed by atoms with Gasteiger partial charge in [0.15, 0.2) is 0 Å². The first-order chi connectivity index (χ1) is 19.9. The van der Waals surface area contributed by atoms with Crippen LogP contribution in [0.5, 0.6) is 11.5 Å². The number of fused-ring (bicyclic) bond motifs is 10. The summed E-state index contributed by atoms with van der Waals surface area (Å²) in [6.45, 7) is 2.04. The average Bonchev–Trinajstić information content (AvgIpc) is 2.98. The van der Waals surface area contributed by atoms with Gasteiger partial charge in [-0.25, -0.2) is 9.78 Å². The fourth-order valence-corrected chi connectivity index (χ4v) is 4.95.